The van der Waals surface area contributed by atoms with E-state index >= 15 is 0 Å². The average molecular weight is 298 g/mol. The highest BCUT2D eigenvalue weighted by atomic mass is 16.6. The van der Waals surface area contributed by atoms with Crippen LogP contribution in [-0.4, -0.2) is 43.2 Å². The maximum absolute atomic E-state index is 12.7. The standard InChI is InChI=1S/C13H24N2O5/c1-8(2)10(11(17)14-7-9(16)19-6)15-12(18)20-13(3,4)5/h8,10H,7H2,1-6H3,(H,14,17)(H,15,18)/i1D3,2D3,7D2,8D,10D. The van der Waals surface area contributed by atoms with Gasteiger partial charge in [-0.2, -0.15) is 0 Å². The molecule has 0 aliphatic heterocycles. The third-order valence-corrected chi connectivity index (χ3v) is 1.57. The number of rotatable bonds is 5. The fourth-order valence-electron chi connectivity index (χ4n) is 0.860. The summed E-state index contributed by atoms with van der Waals surface area (Å²) < 4.78 is 85.1. The van der Waals surface area contributed by atoms with Gasteiger partial charge in [-0.25, -0.2) is 4.79 Å². The number of carbonyl (C=O) groups excluding carboxylic acids is 3. The van der Waals surface area contributed by atoms with Crippen molar-refractivity contribution in [1.29, 1.82) is 0 Å². The van der Waals surface area contributed by atoms with Crippen LogP contribution in [0.3, 0.4) is 0 Å². The van der Waals surface area contributed by atoms with Crippen LogP contribution in [0, 0.1) is 5.89 Å². The van der Waals surface area contributed by atoms with Crippen LogP contribution in [0.2, 0.25) is 0 Å². The predicted molar refractivity (Wildman–Crippen MR) is 73.0 cm³/mol. The second-order valence-electron chi connectivity index (χ2n) is 4.45. The summed E-state index contributed by atoms with van der Waals surface area (Å²) in [5.74, 6) is -7.79. The molecule has 2 N–H and O–H groups in total. The zero-order chi connectivity index (χ0) is 24.6. The number of methoxy groups -OCH3 is 1. The minimum absolute atomic E-state index is 0.763. The van der Waals surface area contributed by atoms with Gasteiger partial charge in [0.2, 0.25) is 5.91 Å². The lowest BCUT2D eigenvalue weighted by molar-refractivity contribution is -0.141. The minimum Gasteiger partial charge on any atom is -0.468 e. The number of ether oxygens (including phenoxy) is 2. The number of alkyl carbamates (subject to hydrolysis) is 1. The summed E-state index contributed by atoms with van der Waals surface area (Å²) in [6.45, 7) is -6.98. The Bertz CT molecular complexity index is 671. The van der Waals surface area contributed by atoms with Gasteiger partial charge in [-0.3, -0.25) is 9.59 Å². The molecule has 0 aliphatic rings. The zero-order valence-corrected chi connectivity index (χ0v) is 11.5. The average Bonchev–Trinajstić information content (AvgIpc) is 2.48. The van der Waals surface area contributed by atoms with E-state index in [1.165, 1.54) is 31.4 Å². The maximum Gasteiger partial charge on any atom is 0.408 e. The van der Waals surface area contributed by atoms with Crippen LogP contribution in [0.4, 0.5) is 4.79 Å². The molecule has 20 heavy (non-hydrogen) atoms. The van der Waals surface area contributed by atoms with Crippen LogP contribution in [0.15, 0.2) is 0 Å². The van der Waals surface area contributed by atoms with Crippen LogP contribution in [0.5, 0.6) is 0 Å². The SMILES string of the molecule is [2H]C([2H])(NC(=O)C([2H])(NC(=O)OC(C)(C)C)C([2H])(C([2H])([2H])[2H])C([2H])([2H])[2H])C(=O)OC. The van der Waals surface area contributed by atoms with E-state index in [1.807, 2.05) is 0 Å². The van der Waals surface area contributed by atoms with E-state index in [1.54, 1.807) is 0 Å². The Morgan fingerprint density at radius 3 is 2.40 bits per heavy atom. The highest BCUT2D eigenvalue weighted by Crippen LogP contribution is 2.08. The van der Waals surface area contributed by atoms with Gasteiger partial charge >= 0.3 is 12.1 Å². The van der Waals surface area contributed by atoms with Crippen molar-refractivity contribution in [2.75, 3.05) is 13.6 Å². The van der Waals surface area contributed by atoms with Crippen molar-refractivity contribution in [3.63, 3.8) is 0 Å². The van der Waals surface area contributed by atoms with Gasteiger partial charge in [0.1, 0.15) is 18.1 Å². The monoisotopic (exact) mass is 298 g/mol. The summed E-state index contributed by atoms with van der Waals surface area (Å²) in [7, 11) is 0.763. The van der Waals surface area contributed by atoms with Gasteiger partial charge in [0.05, 0.1) is 11.2 Å². The van der Waals surface area contributed by atoms with Crippen LogP contribution in [0.25, 0.3) is 0 Å². The lowest BCUT2D eigenvalue weighted by Crippen LogP contribution is -2.51. The number of hydrogen-bond donors (Lipinski definition) is 2. The highest BCUT2D eigenvalue weighted by molar-refractivity contribution is 5.88. The van der Waals surface area contributed by atoms with E-state index < -0.39 is 55.7 Å². The molecule has 0 aromatic heterocycles. The molecule has 7 nitrogen and oxygen atoms in total. The Hall–Kier alpha value is -1.79. The molecule has 0 aliphatic carbocycles. The summed E-state index contributed by atoms with van der Waals surface area (Å²) in [6, 6.07) is -3.87. The van der Waals surface area contributed by atoms with Gasteiger partial charge in [-0.15, -0.1) is 0 Å². The summed E-state index contributed by atoms with van der Waals surface area (Å²) >= 11 is 0. The van der Waals surface area contributed by atoms with Gasteiger partial charge < -0.3 is 20.1 Å². The molecule has 1 unspecified atom stereocenters. The highest BCUT2D eigenvalue weighted by Gasteiger charge is 2.27. The molecule has 1 atom stereocenters. The molecule has 0 saturated carbocycles. The molecule has 0 spiro atoms. The van der Waals surface area contributed by atoms with E-state index in [0.29, 0.717) is 0 Å². The zero-order valence-electron chi connectivity index (χ0n) is 21.5. The Balaban J connectivity index is 6.64. The van der Waals surface area contributed by atoms with E-state index in [4.69, 9.17) is 18.4 Å². The molecule has 0 aromatic carbocycles. The first-order valence-electron chi connectivity index (χ1n) is 10.4. The number of amides is 2. The maximum atomic E-state index is 12.7. The first kappa shape index (κ1) is 7.28. The molecular formula is C13H24N2O5. The second kappa shape index (κ2) is 7.72. The van der Waals surface area contributed by atoms with Gasteiger partial charge in [0.25, 0.3) is 0 Å². The molecular weight excluding hydrogens is 264 g/mol. The number of hydrogen-bond acceptors (Lipinski definition) is 5. The van der Waals surface area contributed by atoms with Crippen LogP contribution >= 0.6 is 0 Å². The number of carbonyl (C=O) groups is 3. The van der Waals surface area contributed by atoms with Gasteiger partial charge in [0.15, 0.2) is 0 Å². The topological polar surface area (TPSA) is 93.7 Å². The number of nitrogens with one attached hydrogen (secondary N) is 2. The first-order chi connectivity index (χ1) is 13.0. The molecule has 0 bridgehead atoms. The molecule has 7 heteroatoms. The Morgan fingerprint density at radius 1 is 1.35 bits per heavy atom. The summed E-state index contributed by atoms with van der Waals surface area (Å²) in [4.78, 5) is 36.4. The normalized spacial score (nSPS) is 24.0. The van der Waals surface area contributed by atoms with Crippen molar-refractivity contribution >= 4 is 18.0 Å². The van der Waals surface area contributed by atoms with Crippen LogP contribution in [-0.2, 0) is 19.1 Å². The fraction of sp³-hybridized carbons (Fsp3) is 0.769. The van der Waals surface area contributed by atoms with Gasteiger partial charge in [-0.1, -0.05) is 13.7 Å². The smallest absolute Gasteiger partial charge is 0.408 e. The molecule has 0 aromatic rings. The van der Waals surface area contributed by atoms with Gasteiger partial charge in [-0.05, 0) is 26.7 Å². The quantitative estimate of drug-likeness (QED) is 0.733. The van der Waals surface area contributed by atoms with Crippen molar-refractivity contribution in [1.82, 2.24) is 10.6 Å². The molecule has 0 fully saturated rings. The lowest BCUT2D eigenvalue weighted by atomic mass is 10.0. The summed E-state index contributed by atoms with van der Waals surface area (Å²) in [5, 5.41) is 2.76. The molecule has 116 valence electrons. The third-order valence-electron chi connectivity index (χ3n) is 1.57. The van der Waals surface area contributed by atoms with E-state index in [2.05, 4.69) is 4.74 Å². The van der Waals surface area contributed by atoms with Gasteiger partial charge in [0, 0.05) is 9.60 Å². The Labute approximate surface area is 133 Å². The second-order valence-corrected chi connectivity index (χ2v) is 4.45. The number of esters is 1. The molecule has 0 saturated heterocycles. The van der Waals surface area contributed by atoms with E-state index in [-0.39, 0.29) is 0 Å². The lowest BCUT2D eigenvalue weighted by Gasteiger charge is -2.25. The molecule has 0 heterocycles. The summed E-state index contributed by atoms with van der Waals surface area (Å²) in [6.07, 6.45) is -1.63. The van der Waals surface area contributed by atoms with Crippen molar-refractivity contribution in [2.45, 2.75) is 46.1 Å². The van der Waals surface area contributed by atoms with Crippen molar-refractivity contribution in [3.8, 4) is 0 Å². The third kappa shape index (κ3) is 7.60. The van der Waals surface area contributed by atoms with Crippen LogP contribution in [0.1, 0.15) is 48.2 Å². The van der Waals surface area contributed by atoms with Crippen LogP contribution < -0.4 is 10.6 Å². The Kier molecular flexibility index (Phi) is 2.81. The van der Waals surface area contributed by atoms with Crippen molar-refractivity contribution in [3.05, 3.63) is 0 Å². The van der Waals surface area contributed by atoms with E-state index in [0.717, 1.165) is 7.11 Å². The van der Waals surface area contributed by atoms with E-state index in [9.17, 15) is 14.4 Å². The Morgan fingerprint density at radius 2 is 1.95 bits per heavy atom. The summed E-state index contributed by atoms with van der Waals surface area (Å²) in [5.41, 5.74) is -1.23. The van der Waals surface area contributed by atoms with Crippen molar-refractivity contribution < 1.29 is 37.6 Å². The first-order valence-corrected chi connectivity index (χ1v) is 5.38. The molecule has 0 rings (SSSR count). The largest absolute Gasteiger partial charge is 0.468 e. The minimum atomic E-state index is -4.01. The molecule has 2 amide bonds. The fourth-order valence-corrected chi connectivity index (χ4v) is 0.860. The predicted octanol–water partition coefficient (Wildman–Crippen LogP) is 0.825. The van der Waals surface area contributed by atoms with Crippen molar-refractivity contribution in [2.24, 2.45) is 5.89 Å². The molecule has 0 radical (unpaired) electrons.